The molecule has 0 spiro atoms. The Morgan fingerprint density at radius 1 is 1.07 bits per heavy atom. The molecule has 0 aliphatic carbocycles. The maximum absolute atomic E-state index is 13.0. The van der Waals surface area contributed by atoms with Crippen LogP contribution in [0, 0.1) is 6.92 Å². The predicted molar refractivity (Wildman–Crippen MR) is 113 cm³/mol. The number of hydrogen-bond donors (Lipinski definition) is 1. The number of aryl methyl sites for hydroxylation is 1. The zero-order chi connectivity index (χ0) is 20.1. The van der Waals surface area contributed by atoms with Crippen molar-refractivity contribution < 1.29 is 9.53 Å². The minimum absolute atomic E-state index is 0.0984. The minimum Gasteiger partial charge on any atom is -0.379 e. The first-order valence-electron chi connectivity index (χ1n) is 10.0. The van der Waals surface area contributed by atoms with E-state index < -0.39 is 0 Å². The number of aromatic nitrogens is 2. The quantitative estimate of drug-likeness (QED) is 0.703. The molecule has 1 fully saturated rings. The topological polar surface area (TPSA) is 59.4 Å². The standard InChI is InChI=1S/C23H26N4O2/c1-18-7-5-6-10-20(18)22-21(17-27(25-22)19-8-3-2-4-9-19)23(28)24-11-12-26-13-15-29-16-14-26/h2-10,17H,11-16H2,1H3,(H,24,28). The lowest BCUT2D eigenvalue weighted by Gasteiger charge is -2.26. The Balaban J connectivity index is 1.58. The van der Waals surface area contributed by atoms with Gasteiger partial charge in [0.05, 0.1) is 24.5 Å². The molecular weight excluding hydrogens is 364 g/mol. The number of hydrogen-bond acceptors (Lipinski definition) is 4. The van der Waals surface area contributed by atoms with Gasteiger partial charge in [0, 0.05) is 37.9 Å². The Kier molecular flexibility index (Phi) is 6.03. The third-order valence-corrected chi connectivity index (χ3v) is 5.20. The van der Waals surface area contributed by atoms with Crippen molar-refractivity contribution in [3.8, 4) is 16.9 Å². The molecule has 1 aliphatic rings. The van der Waals surface area contributed by atoms with Gasteiger partial charge in [0.1, 0.15) is 5.69 Å². The van der Waals surface area contributed by atoms with E-state index in [-0.39, 0.29) is 5.91 Å². The van der Waals surface area contributed by atoms with Gasteiger partial charge in [-0.2, -0.15) is 5.10 Å². The van der Waals surface area contributed by atoms with Gasteiger partial charge in [-0.15, -0.1) is 0 Å². The Labute approximate surface area is 171 Å². The van der Waals surface area contributed by atoms with Crippen molar-refractivity contribution in [2.45, 2.75) is 6.92 Å². The van der Waals surface area contributed by atoms with Crippen LogP contribution >= 0.6 is 0 Å². The molecule has 3 aromatic rings. The molecule has 1 N–H and O–H groups in total. The van der Waals surface area contributed by atoms with Crippen molar-refractivity contribution in [3.05, 3.63) is 71.9 Å². The molecule has 1 aromatic heterocycles. The summed E-state index contributed by atoms with van der Waals surface area (Å²) >= 11 is 0. The number of carbonyl (C=O) groups excluding carboxylic acids is 1. The third kappa shape index (κ3) is 4.55. The monoisotopic (exact) mass is 390 g/mol. The van der Waals surface area contributed by atoms with Crippen molar-refractivity contribution >= 4 is 5.91 Å². The second-order valence-corrected chi connectivity index (χ2v) is 7.20. The average Bonchev–Trinajstić information content (AvgIpc) is 3.21. The number of benzene rings is 2. The van der Waals surface area contributed by atoms with E-state index in [1.165, 1.54) is 0 Å². The van der Waals surface area contributed by atoms with Gasteiger partial charge in [0.25, 0.3) is 5.91 Å². The highest BCUT2D eigenvalue weighted by Gasteiger charge is 2.20. The first kappa shape index (κ1) is 19.4. The molecule has 1 amide bonds. The fourth-order valence-electron chi connectivity index (χ4n) is 3.54. The number of nitrogens with one attached hydrogen (secondary N) is 1. The number of nitrogens with zero attached hydrogens (tertiary/aromatic N) is 3. The smallest absolute Gasteiger partial charge is 0.255 e. The van der Waals surface area contributed by atoms with Gasteiger partial charge < -0.3 is 10.1 Å². The molecule has 1 aliphatic heterocycles. The predicted octanol–water partition coefficient (Wildman–Crippen LogP) is 2.91. The van der Waals surface area contributed by atoms with Crippen molar-refractivity contribution in [2.75, 3.05) is 39.4 Å². The van der Waals surface area contributed by atoms with E-state index in [2.05, 4.69) is 10.2 Å². The Morgan fingerprint density at radius 3 is 2.55 bits per heavy atom. The van der Waals surface area contributed by atoms with E-state index in [9.17, 15) is 4.79 Å². The molecule has 2 heterocycles. The van der Waals surface area contributed by atoms with Crippen molar-refractivity contribution in [3.63, 3.8) is 0 Å². The van der Waals surface area contributed by atoms with Crippen molar-refractivity contribution in [2.24, 2.45) is 0 Å². The van der Waals surface area contributed by atoms with E-state index in [4.69, 9.17) is 9.84 Å². The molecule has 6 heteroatoms. The van der Waals surface area contributed by atoms with Crippen LogP contribution in [0.1, 0.15) is 15.9 Å². The van der Waals surface area contributed by atoms with E-state index in [1.54, 1.807) is 4.68 Å². The minimum atomic E-state index is -0.0984. The van der Waals surface area contributed by atoms with Crippen LogP contribution < -0.4 is 5.32 Å². The number of carbonyl (C=O) groups is 1. The molecular formula is C23H26N4O2. The molecule has 29 heavy (non-hydrogen) atoms. The summed E-state index contributed by atoms with van der Waals surface area (Å²) in [6, 6.07) is 17.9. The van der Waals surface area contributed by atoms with Crippen LogP contribution in [0.3, 0.4) is 0 Å². The van der Waals surface area contributed by atoms with Crippen molar-refractivity contribution in [1.29, 1.82) is 0 Å². The van der Waals surface area contributed by atoms with Gasteiger partial charge in [-0.1, -0.05) is 42.5 Å². The summed E-state index contributed by atoms with van der Waals surface area (Å²) in [7, 11) is 0. The molecule has 6 nitrogen and oxygen atoms in total. The van der Waals surface area contributed by atoms with Gasteiger partial charge in [0.2, 0.25) is 0 Å². The molecule has 0 atom stereocenters. The summed E-state index contributed by atoms with van der Waals surface area (Å²) in [5, 5.41) is 7.83. The molecule has 0 bridgehead atoms. The highest BCUT2D eigenvalue weighted by atomic mass is 16.5. The van der Waals surface area contributed by atoms with E-state index in [0.29, 0.717) is 17.8 Å². The third-order valence-electron chi connectivity index (χ3n) is 5.20. The lowest BCUT2D eigenvalue weighted by Crippen LogP contribution is -2.41. The highest BCUT2D eigenvalue weighted by Crippen LogP contribution is 2.26. The fourth-order valence-corrected chi connectivity index (χ4v) is 3.54. The van der Waals surface area contributed by atoms with Gasteiger partial charge >= 0.3 is 0 Å². The largest absolute Gasteiger partial charge is 0.379 e. The number of ether oxygens (including phenoxy) is 1. The fraction of sp³-hybridized carbons (Fsp3) is 0.304. The summed E-state index contributed by atoms with van der Waals surface area (Å²) in [6.07, 6.45) is 1.82. The Hall–Kier alpha value is -2.96. The van der Waals surface area contributed by atoms with E-state index in [1.807, 2.05) is 67.7 Å². The van der Waals surface area contributed by atoms with Crippen LogP contribution in [0.4, 0.5) is 0 Å². The Bertz CT molecular complexity index is 962. The molecule has 150 valence electrons. The maximum atomic E-state index is 13.0. The van der Waals surface area contributed by atoms with Crippen LogP contribution in [0.15, 0.2) is 60.8 Å². The summed E-state index contributed by atoms with van der Waals surface area (Å²) in [4.78, 5) is 15.3. The molecule has 4 rings (SSSR count). The highest BCUT2D eigenvalue weighted by molar-refractivity contribution is 6.00. The maximum Gasteiger partial charge on any atom is 0.255 e. The molecule has 0 radical (unpaired) electrons. The lowest BCUT2D eigenvalue weighted by molar-refractivity contribution is 0.0383. The summed E-state index contributed by atoms with van der Waals surface area (Å²) in [5.41, 5.74) is 4.28. The summed E-state index contributed by atoms with van der Waals surface area (Å²) < 4.78 is 7.15. The lowest BCUT2D eigenvalue weighted by atomic mass is 10.0. The van der Waals surface area contributed by atoms with Gasteiger partial charge in [0.15, 0.2) is 0 Å². The van der Waals surface area contributed by atoms with Crippen LogP contribution in [-0.4, -0.2) is 60.0 Å². The Morgan fingerprint density at radius 2 is 1.79 bits per heavy atom. The molecule has 0 saturated carbocycles. The second kappa shape index (κ2) is 9.03. The van der Waals surface area contributed by atoms with Crippen LogP contribution in [0.2, 0.25) is 0 Å². The van der Waals surface area contributed by atoms with Gasteiger partial charge in [-0.3, -0.25) is 9.69 Å². The number of rotatable bonds is 6. The number of para-hydroxylation sites is 1. The molecule has 1 saturated heterocycles. The number of morpholine rings is 1. The van der Waals surface area contributed by atoms with Crippen LogP contribution in [0.5, 0.6) is 0 Å². The zero-order valence-corrected chi connectivity index (χ0v) is 16.7. The van der Waals surface area contributed by atoms with Gasteiger partial charge in [-0.25, -0.2) is 4.68 Å². The zero-order valence-electron chi connectivity index (χ0n) is 16.7. The van der Waals surface area contributed by atoms with Crippen LogP contribution in [0.25, 0.3) is 16.9 Å². The normalized spacial score (nSPS) is 14.7. The molecule has 2 aromatic carbocycles. The van der Waals surface area contributed by atoms with Crippen molar-refractivity contribution in [1.82, 2.24) is 20.0 Å². The second-order valence-electron chi connectivity index (χ2n) is 7.20. The van der Waals surface area contributed by atoms with Gasteiger partial charge in [-0.05, 0) is 24.6 Å². The number of amides is 1. The summed E-state index contributed by atoms with van der Waals surface area (Å²) in [5.74, 6) is -0.0984. The SMILES string of the molecule is Cc1ccccc1-c1nn(-c2ccccc2)cc1C(=O)NCCN1CCOCC1. The first-order chi connectivity index (χ1) is 14.2. The van der Waals surface area contributed by atoms with E-state index >= 15 is 0 Å². The first-order valence-corrected chi connectivity index (χ1v) is 10.0. The van der Waals surface area contributed by atoms with Crippen LogP contribution in [-0.2, 0) is 4.74 Å². The summed E-state index contributed by atoms with van der Waals surface area (Å²) in [6.45, 7) is 6.80. The van der Waals surface area contributed by atoms with E-state index in [0.717, 1.165) is 49.7 Å². The molecule has 0 unspecified atom stereocenters. The average molecular weight is 390 g/mol.